The summed E-state index contributed by atoms with van der Waals surface area (Å²) in [4.78, 5) is 14.2. The van der Waals surface area contributed by atoms with Crippen molar-refractivity contribution in [1.82, 2.24) is 10.2 Å². The molecule has 0 aliphatic carbocycles. The van der Waals surface area contributed by atoms with Gasteiger partial charge in [0.25, 0.3) is 0 Å². The number of methoxy groups -OCH3 is 1. The molecule has 2 amide bonds. The summed E-state index contributed by atoms with van der Waals surface area (Å²) in [5, 5.41) is 12.2. The van der Waals surface area contributed by atoms with E-state index in [0.717, 1.165) is 36.3 Å². The lowest BCUT2D eigenvalue weighted by Crippen LogP contribution is -2.51. The Balaban J connectivity index is 1.56. The minimum absolute atomic E-state index is 0.0299. The van der Waals surface area contributed by atoms with Gasteiger partial charge in [-0.05, 0) is 31.2 Å². The highest BCUT2D eigenvalue weighted by Gasteiger charge is 2.27. The molecule has 0 radical (unpaired) electrons. The van der Waals surface area contributed by atoms with Gasteiger partial charge in [0.1, 0.15) is 6.61 Å². The van der Waals surface area contributed by atoms with E-state index in [2.05, 4.69) is 5.32 Å². The first-order valence-electron chi connectivity index (χ1n) is 8.16. The van der Waals surface area contributed by atoms with Gasteiger partial charge in [-0.2, -0.15) is 0 Å². The summed E-state index contributed by atoms with van der Waals surface area (Å²) in [6.45, 7) is 2.07. The number of aliphatic hydroxyl groups excluding tert-OH is 1. The Labute approximate surface area is 136 Å². The fraction of sp³-hybridized carbons (Fsp3) is 0.588. The Morgan fingerprint density at radius 3 is 2.91 bits per heavy atom. The van der Waals surface area contributed by atoms with Gasteiger partial charge >= 0.3 is 6.03 Å². The fourth-order valence-corrected chi connectivity index (χ4v) is 3.23. The van der Waals surface area contributed by atoms with Gasteiger partial charge in [0.05, 0.1) is 13.2 Å². The van der Waals surface area contributed by atoms with Crippen LogP contribution in [0.1, 0.15) is 18.4 Å². The van der Waals surface area contributed by atoms with Gasteiger partial charge in [-0.1, -0.05) is 12.1 Å². The third-order valence-electron chi connectivity index (χ3n) is 4.66. The molecule has 2 aliphatic heterocycles. The summed E-state index contributed by atoms with van der Waals surface area (Å²) in [5.74, 6) is 1.85. The minimum atomic E-state index is -0.0404. The standard InChI is InChI=1S/C17H24N2O4/c1-22-15-4-2-3-13-9-14(11-23-16(13)15)18-17(21)19-7-5-12(10-20)6-8-19/h2-4,12,14,20H,5-11H2,1H3,(H,18,21). The number of piperidine rings is 1. The van der Waals surface area contributed by atoms with E-state index < -0.39 is 0 Å². The monoisotopic (exact) mass is 320 g/mol. The first-order valence-corrected chi connectivity index (χ1v) is 8.16. The second-order valence-electron chi connectivity index (χ2n) is 6.22. The van der Waals surface area contributed by atoms with Crippen molar-refractivity contribution < 1.29 is 19.4 Å². The van der Waals surface area contributed by atoms with Crippen molar-refractivity contribution in [2.45, 2.75) is 25.3 Å². The van der Waals surface area contributed by atoms with Gasteiger partial charge < -0.3 is 24.8 Å². The molecular weight excluding hydrogens is 296 g/mol. The van der Waals surface area contributed by atoms with Crippen molar-refractivity contribution in [3.05, 3.63) is 23.8 Å². The number of carbonyl (C=O) groups is 1. The highest BCUT2D eigenvalue weighted by Crippen LogP contribution is 2.34. The molecule has 1 fully saturated rings. The molecule has 0 spiro atoms. The van der Waals surface area contributed by atoms with Crippen LogP contribution in [0.4, 0.5) is 4.79 Å². The fourth-order valence-electron chi connectivity index (χ4n) is 3.23. The molecule has 1 atom stereocenters. The maximum Gasteiger partial charge on any atom is 0.317 e. The number of nitrogens with one attached hydrogen (secondary N) is 1. The molecule has 126 valence electrons. The van der Waals surface area contributed by atoms with Crippen molar-refractivity contribution in [2.24, 2.45) is 5.92 Å². The Hall–Kier alpha value is -1.95. The molecule has 3 rings (SSSR count). The summed E-state index contributed by atoms with van der Waals surface area (Å²) in [7, 11) is 1.63. The molecule has 0 aromatic heterocycles. The average molecular weight is 320 g/mol. The predicted molar refractivity (Wildman–Crippen MR) is 85.9 cm³/mol. The van der Waals surface area contributed by atoms with Crippen molar-refractivity contribution in [3.8, 4) is 11.5 Å². The van der Waals surface area contributed by atoms with E-state index >= 15 is 0 Å². The Morgan fingerprint density at radius 2 is 2.22 bits per heavy atom. The topological polar surface area (TPSA) is 71.0 Å². The van der Waals surface area contributed by atoms with Crippen LogP contribution in [0.15, 0.2) is 18.2 Å². The van der Waals surface area contributed by atoms with E-state index in [-0.39, 0.29) is 18.7 Å². The van der Waals surface area contributed by atoms with Gasteiger partial charge in [-0.15, -0.1) is 0 Å². The van der Waals surface area contributed by atoms with E-state index in [1.165, 1.54) is 0 Å². The van der Waals surface area contributed by atoms with Crippen LogP contribution >= 0.6 is 0 Å². The van der Waals surface area contributed by atoms with Gasteiger partial charge in [0.15, 0.2) is 11.5 Å². The maximum atomic E-state index is 12.4. The normalized spacial score (nSPS) is 21.3. The summed E-state index contributed by atoms with van der Waals surface area (Å²) >= 11 is 0. The summed E-state index contributed by atoms with van der Waals surface area (Å²) in [6, 6.07) is 5.75. The lowest BCUT2D eigenvalue weighted by atomic mass is 9.98. The van der Waals surface area contributed by atoms with Crippen molar-refractivity contribution in [1.29, 1.82) is 0 Å². The highest BCUT2D eigenvalue weighted by atomic mass is 16.5. The number of ether oxygens (including phenoxy) is 2. The van der Waals surface area contributed by atoms with Crippen LogP contribution in [0.25, 0.3) is 0 Å². The third kappa shape index (κ3) is 3.52. The molecule has 1 aromatic rings. The number of aliphatic hydroxyl groups is 1. The SMILES string of the molecule is COc1cccc2c1OCC(NC(=O)N1CCC(CO)CC1)C2. The lowest BCUT2D eigenvalue weighted by Gasteiger charge is -2.33. The molecule has 6 heteroatoms. The summed E-state index contributed by atoms with van der Waals surface area (Å²) in [6.07, 6.45) is 2.47. The first-order chi connectivity index (χ1) is 11.2. The van der Waals surface area contributed by atoms with Gasteiger partial charge in [0, 0.05) is 25.3 Å². The number of fused-ring (bicyclic) bond motifs is 1. The Kier molecular flexibility index (Phi) is 4.91. The van der Waals surface area contributed by atoms with Crippen LogP contribution in [0.3, 0.4) is 0 Å². The first kappa shape index (κ1) is 15.9. The van der Waals surface area contributed by atoms with E-state index in [4.69, 9.17) is 14.6 Å². The number of para-hydroxylation sites is 1. The molecule has 0 bridgehead atoms. The second kappa shape index (κ2) is 7.08. The highest BCUT2D eigenvalue weighted by molar-refractivity contribution is 5.74. The van der Waals surface area contributed by atoms with Crippen LogP contribution in [-0.2, 0) is 6.42 Å². The third-order valence-corrected chi connectivity index (χ3v) is 4.66. The number of urea groups is 1. The lowest BCUT2D eigenvalue weighted by molar-refractivity contribution is 0.132. The zero-order valence-electron chi connectivity index (χ0n) is 13.5. The smallest absolute Gasteiger partial charge is 0.317 e. The van der Waals surface area contributed by atoms with Gasteiger partial charge in [-0.25, -0.2) is 4.79 Å². The molecule has 23 heavy (non-hydrogen) atoms. The van der Waals surface area contributed by atoms with Crippen LogP contribution < -0.4 is 14.8 Å². The molecule has 2 N–H and O–H groups in total. The molecule has 6 nitrogen and oxygen atoms in total. The number of nitrogens with zero attached hydrogens (tertiary/aromatic N) is 1. The van der Waals surface area contributed by atoms with Crippen LogP contribution in [0.2, 0.25) is 0 Å². The number of benzene rings is 1. The van der Waals surface area contributed by atoms with E-state index in [9.17, 15) is 4.79 Å². The molecule has 1 saturated heterocycles. The summed E-state index contributed by atoms with van der Waals surface area (Å²) < 4.78 is 11.1. The van der Waals surface area contributed by atoms with Crippen LogP contribution in [-0.4, -0.2) is 55.5 Å². The predicted octanol–water partition coefficient (Wildman–Crippen LogP) is 1.41. The van der Waals surface area contributed by atoms with Crippen LogP contribution in [0.5, 0.6) is 11.5 Å². The number of hydrogen-bond acceptors (Lipinski definition) is 4. The van der Waals surface area contributed by atoms with Crippen LogP contribution in [0, 0.1) is 5.92 Å². The molecular formula is C17H24N2O4. The van der Waals surface area contributed by atoms with E-state index in [0.29, 0.717) is 25.6 Å². The van der Waals surface area contributed by atoms with E-state index in [1.807, 2.05) is 23.1 Å². The molecule has 2 heterocycles. The number of hydrogen-bond donors (Lipinski definition) is 2. The molecule has 2 aliphatic rings. The average Bonchev–Trinajstić information content (AvgIpc) is 2.61. The van der Waals surface area contributed by atoms with Crippen molar-refractivity contribution >= 4 is 6.03 Å². The van der Waals surface area contributed by atoms with E-state index in [1.54, 1.807) is 7.11 Å². The van der Waals surface area contributed by atoms with Gasteiger partial charge in [-0.3, -0.25) is 0 Å². The zero-order chi connectivity index (χ0) is 16.2. The number of amides is 2. The quantitative estimate of drug-likeness (QED) is 0.883. The maximum absolute atomic E-state index is 12.4. The zero-order valence-corrected chi connectivity index (χ0v) is 13.5. The van der Waals surface area contributed by atoms with Crippen molar-refractivity contribution in [2.75, 3.05) is 33.4 Å². The molecule has 1 unspecified atom stereocenters. The molecule has 0 saturated carbocycles. The van der Waals surface area contributed by atoms with Crippen molar-refractivity contribution in [3.63, 3.8) is 0 Å². The largest absolute Gasteiger partial charge is 0.493 e. The minimum Gasteiger partial charge on any atom is -0.493 e. The Bertz CT molecular complexity index is 556. The number of rotatable bonds is 3. The second-order valence-corrected chi connectivity index (χ2v) is 6.22. The van der Waals surface area contributed by atoms with Gasteiger partial charge in [0.2, 0.25) is 0 Å². The Morgan fingerprint density at radius 1 is 1.43 bits per heavy atom. The number of likely N-dealkylation sites (tertiary alicyclic amines) is 1. The number of carbonyl (C=O) groups excluding carboxylic acids is 1. The molecule has 1 aromatic carbocycles. The summed E-state index contributed by atoms with van der Waals surface area (Å²) in [5.41, 5.74) is 1.06.